The number of rotatable bonds is 5. The van der Waals surface area contributed by atoms with Crippen LogP contribution in [0.25, 0.3) is 0 Å². The minimum absolute atomic E-state index is 0.00565. The Morgan fingerprint density at radius 1 is 1.22 bits per heavy atom. The lowest BCUT2D eigenvalue weighted by molar-refractivity contribution is -0.126. The summed E-state index contributed by atoms with van der Waals surface area (Å²) in [7, 11) is 0. The summed E-state index contributed by atoms with van der Waals surface area (Å²) < 4.78 is 0. The molecule has 0 heterocycles. The molecule has 3 heteroatoms. The highest BCUT2D eigenvalue weighted by atomic mass is 16.3. The van der Waals surface area contributed by atoms with E-state index in [2.05, 4.69) is 17.0 Å². The minimum Gasteiger partial charge on any atom is -0.395 e. The van der Waals surface area contributed by atoms with Gasteiger partial charge in [-0.3, -0.25) is 9.69 Å². The van der Waals surface area contributed by atoms with E-state index in [1.807, 2.05) is 18.2 Å². The first kappa shape index (κ1) is 13.2. The molecular weight excluding hydrogens is 226 g/mol. The van der Waals surface area contributed by atoms with Gasteiger partial charge in [-0.1, -0.05) is 36.8 Å². The SMILES string of the molecule is O=C1CCCCC1N(CCO)Cc1ccccc1. The number of hydrogen-bond donors (Lipinski definition) is 1. The van der Waals surface area contributed by atoms with Crippen molar-refractivity contribution in [3.63, 3.8) is 0 Å². The third-order valence-corrected chi connectivity index (χ3v) is 3.58. The molecule has 1 aromatic carbocycles. The van der Waals surface area contributed by atoms with E-state index in [1.165, 1.54) is 5.56 Å². The van der Waals surface area contributed by atoms with Crippen LogP contribution in [0, 0.1) is 0 Å². The van der Waals surface area contributed by atoms with Gasteiger partial charge in [-0.05, 0) is 18.4 Å². The highest BCUT2D eigenvalue weighted by molar-refractivity contribution is 5.84. The van der Waals surface area contributed by atoms with Crippen molar-refractivity contribution in [1.82, 2.24) is 4.90 Å². The van der Waals surface area contributed by atoms with Crippen LogP contribution in [0.1, 0.15) is 31.2 Å². The Morgan fingerprint density at radius 2 is 2.00 bits per heavy atom. The lowest BCUT2D eigenvalue weighted by Crippen LogP contribution is -2.43. The van der Waals surface area contributed by atoms with Gasteiger partial charge in [0, 0.05) is 19.5 Å². The summed E-state index contributed by atoms with van der Waals surface area (Å²) >= 11 is 0. The van der Waals surface area contributed by atoms with E-state index in [0.29, 0.717) is 18.7 Å². The van der Waals surface area contributed by atoms with E-state index in [4.69, 9.17) is 0 Å². The fraction of sp³-hybridized carbons (Fsp3) is 0.533. The smallest absolute Gasteiger partial charge is 0.149 e. The molecule has 1 aliphatic rings. The number of benzene rings is 1. The van der Waals surface area contributed by atoms with Gasteiger partial charge >= 0.3 is 0 Å². The molecule has 2 rings (SSSR count). The molecule has 1 saturated carbocycles. The van der Waals surface area contributed by atoms with Gasteiger partial charge in [0.15, 0.2) is 0 Å². The van der Waals surface area contributed by atoms with E-state index in [9.17, 15) is 9.90 Å². The van der Waals surface area contributed by atoms with E-state index in [1.54, 1.807) is 0 Å². The molecule has 1 N–H and O–H groups in total. The second kappa shape index (κ2) is 6.66. The molecule has 18 heavy (non-hydrogen) atoms. The first-order chi connectivity index (χ1) is 8.81. The lowest BCUT2D eigenvalue weighted by atomic mass is 9.92. The summed E-state index contributed by atoms with van der Waals surface area (Å²) in [5.74, 6) is 0.339. The maximum atomic E-state index is 12.0. The van der Waals surface area contributed by atoms with Crippen LogP contribution in [-0.2, 0) is 11.3 Å². The van der Waals surface area contributed by atoms with Crippen molar-refractivity contribution < 1.29 is 9.90 Å². The standard InChI is InChI=1S/C15H21NO2/c17-11-10-16(12-13-6-2-1-3-7-13)14-8-4-5-9-15(14)18/h1-3,6-7,14,17H,4-5,8-12H2. The summed E-state index contributed by atoms with van der Waals surface area (Å²) in [4.78, 5) is 14.1. The summed E-state index contributed by atoms with van der Waals surface area (Å²) in [6.45, 7) is 1.43. The summed E-state index contributed by atoms with van der Waals surface area (Å²) in [6.07, 6.45) is 3.77. The second-order valence-corrected chi connectivity index (χ2v) is 4.91. The number of aliphatic hydroxyl groups is 1. The average molecular weight is 247 g/mol. The minimum atomic E-state index is 0.00565. The Hall–Kier alpha value is -1.19. The maximum Gasteiger partial charge on any atom is 0.149 e. The van der Waals surface area contributed by atoms with Crippen LogP contribution in [0.15, 0.2) is 30.3 Å². The van der Waals surface area contributed by atoms with E-state index >= 15 is 0 Å². The van der Waals surface area contributed by atoms with Crippen molar-refractivity contribution in [1.29, 1.82) is 0 Å². The summed E-state index contributed by atoms with van der Waals surface area (Å²) in [5, 5.41) is 9.18. The molecule has 98 valence electrons. The highest BCUT2D eigenvalue weighted by Crippen LogP contribution is 2.21. The molecule has 3 nitrogen and oxygen atoms in total. The molecule has 1 atom stereocenters. The molecule has 1 unspecified atom stereocenters. The van der Waals surface area contributed by atoms with Gasteiger partial charge in [0.1, 0.15) is 5.78 Å². The molecule has 0 radical (unpaired) electrons. The van der Waals surface area contributed by atoms with Gasteiger partial charge in [-0.15, -0.1) is 0 Å². The fourth-order valence-corrected chi connectivity index (χ4v) is 2.64. The van der Waals surface area contributed by atoms with Crippen LogP contribution in [0.5, 0.6) is 0 Å². The molecule has 0 aromatic heterocycles. The second-order valence-electron chi connectivity index (χ2n) is 4.91. The molecule has 1 aliphatic carbocycles. The van der Waals surface area contributed by atoms with Gasteiger partial charge in [0.25, 0.3) is 0 Å². The van der Waals surface area contributed by atoms with Gasteiger partial charge in [0.05, 0.1) is 12.6 Å². The molecule has 1 fully saturated rings. The number of nitrogens with zero attached hydrogens (tertiary/aromatic N) is 1. The van der Waals surface area contributed by atoms with Gasteiger partial charge in [-0.2, -0.15) is 0 Å². The zero-order valence-corrected chi connectivity index (χ0v) is 10.7. The monoisotopic (exact) mass is 247 g/mol. The van der Waals surface area contributed by atoms with Crippen LogP contribution in [0.2, 0.25) is 0 Å². The van der Waals surface area contributed by atoms with Crippen molar-refractivity contribution >= 4 is 5.78 Å². The first-order valence-electron chi connectivity index (χ1n) is 6.73. The summed E-state index contributed by atoms with van der Waals surface area (Å²) in [6, 6.07) is 10.1. The van der Waals surface area contributed by atoms with Gasteiger partial charge < -0.3 is 5.11 Å². The quantitative estimate of drug-likeness (QED) is 0.865. The zero-order valence-electron chi connectivity index (χ0n) is 10.7. The van der Waals surface area contributed by atoms with Crippen LogP contribution >= 0.6 is 0 Å². The van der Waals surface area contributed by atoms with Crippen molar-refractivity contribution in [2.75, 3.05) is 13.2 Å². The van der Waals surface area contributed by atoms with Gasteiger partial charge in [0.2, 0.25) is 0 Å². The van der Waals surface area contributed by atoms with Crippen molar-refractivity contribution in [2.24, 2.45) is 0 Å². The molecule has 0 aliphatic heterocycles. The average Bonchev–Trinajstić information content (AvgIpc) is 2.40. The van der Waals surface area contributed by atoms with Crippen LogP contribution in [-0.4, -0.2) is 35.0 Å². The van der Waals surface area contributed by atoms with E-state index in [-0.39, 0.29) is 12.6 Å². The maximum absolute atomic E-state index is 12.0. The van der Waals surface area contributed by atoms with E-state index in [0.717, 1.165) is 25.8 Å². The first-order valence-corrected chi connectivity index (χ1v) is 6.73. The fourth-order valence-electron chi connectivity index (χ4n) is 2.64. The zero-order chi connectivity index (χ0) is 12.8. The normalized spacial score (nSPS) is 20.3. The van der Waals surface area contributed by atoms with Gasteiger partial charge in [-0.25, -0.2) is 0 Å². The third kappa shape index (κ3) is 3.40. The Kier molecular flexibility index (Phi) is 4.90. The third-order valence-electron chi connectivity index (χ3n) is 3.58. The van der Waals surface area contributed by atoms with Crippen LogP contribution < -0.4 is 0 Å². The Labute approximate surface area is 108 Å². The number of Topliss-reactive ketones (excluding diaryl/α,β-unsaturated/α-hetero) is 1. The van der Waals surface area contributed by atoms with Crippen LogP contribution in [0.3, 0.4) is 0 Å². The Bertz CT molecular complexity index is 377. The number of aliphatic hydroxyl groups excluding tert-OH is 1. The number of ketones is 1. The molecule has 1 aromatic rings. The number of carbonyl (C=O) groups is 1. The molecule has 0 amide bonds. The topological polar surface area (TPSA) is 40.5 Å². The largest absolute Gasteiger partial charge is 0.395 e. The summed E-state index contributed by atoms with van der Waals surface area (Å²) in [5.41, 5.74) is 1.20. The predicted molar refractivity (Wildman–Crippen MR) is 71.2 cm³/mol. The Morgan fingerprint density at radius 3 is 2.67 bits per heavy atom. The van der Waals surface area contributed by atoms with Crippen LogP contribution in [0.4, 0.5) is 0 Å². The lowest BCUT2D eigenvalue weighted by Gasteiger charge is -2.32. The van der Waals surface area contributed by atoms with E-state index < -0.39 is 0 Å². The molecular formula is C15H21NO2. The van der Waals surface area contributed by atoms with Crippen molar-refractivity contribution in [3.05, 3.63) is 35.9 Å². The highest BCUT2D eigenvalue weighted by Gasteiger charge is 2.27. The van der Waals surface area contributed by atoms with Crippen molar-refractivity contribution in [3.8, 4) is 0 Å². The Balaban J connectivity index is 2.05. The molecule has 0 bridgehead atoms. The molecule has 0 saturated heterocycles. The number of carbonyl (C=O) groups excluding carboxylic acids is 1. The van der Waals surface area contributed by atoms with Crippen molar-refractivity contribution in [2.45, 2.75) is 38.3 Å². The predicted octanol–water partition coefficient (Wildman–Crippen LogP) is 1.99. The number of hydrogen-bond acceptors (Lipinski definition) is 3. The molecule has 0 spiro atoms.